The fraction of sp³-hybridized carbons (Fsp3) is 0. The van der Waals surface area contributed by atoms with Gasteiger partial charge in [-0.15, -0.1) is 0 Å². The zero-order valence-corrected chi connectivity index (χ0v) is 13.6. The van der Waals surface area contributed by atoms with Crippen molar-refractivity contribution in [3.05, 3.63) is 83.2 Å². The zero-order chi connectivity index (χ0) is 17.9. The molecule has 0 spiro atoms. The maximum atomic E-state index is 12.3. The van der Waals surface area contributed by atoms with Crippen molar-refractivity contribution in [2.45, 2.75) is 0 Å². The predicted octanol–water partition coefficient (Wildman–Crippen LogP) is 4.71. The summed E-state index contributed by atoms with van der Waals surface area (Å²) >= 11 is 0. The lowest BCUT2D eigenvalue weighted by Gasteiger charge is -2.06. The van der Waals surface area contributed by atoms with Crippen molar-refractivity contribution in [2.24, 2.45) is 10.2 Å². The van der Waals surface area contributed by atoms with Gasteiger partial charge < -0.3 is 10.1 Å². The van der Waals surface area contributed by atoms with Crippen molar-refractivity contribution >= 4 is 22.3 Å². The normalized spacial score (nSPS) is 11.2. The highest BCUT2D eigenvalue weighted by Crippen LogP contribution is 2.31. The molecule has 4 rings (SSSR count). The molecule has 0 amide bonds. The molecular weight excluding hydrogens is 328 g/mol. The summed E-state index contributed by atoms with van der Waals surface area (Å²) in [5.41, 5.74) is 1.94. The van der Waals surface area contributed by atoms with Crippen LogP contribution in [0.15, 0.2) is 87.8 Å². The number of para-hydroxylation sites is 1. The SMILES string of the molecule is O=c1[nH]c(-c2cc(N=Nc3ccccc3)ccc2O)nc2ccccc12. The minimum Gasteiger partial charge on any atom is -0.507 e. The molecule has 2 N–H and O–H groups in total. The van der Waals surface area contributed by atoms with E-state index in [1.54, 1.807) is 30.3 Å². The van der Waals surface area contributed by atoms with E-state index in [-0.39, 0.29) is 17.1 Å². The molecule has 0 atom stereocenters. The van der Waals surface area contributed by atoms with E-state index < -0.39 is 0 Å². The summed E-state index contributed by atoms with van der Waals surface area (Å²) in [6.45, 7) is 0. The van der Waals surface area contributed by atoms with E-state index in [0.717, 1.165) is 5.69 Å². The number of hydrogen-bond acceptors (Lipinski definition) is 5. The van der Waals surface area contributed by atoms with E-state index in [4.69, 9.17) is 0 Å². The number of aromatic amines is 1. The summed E-state index contributed by atoms with van der Waals surface area (Å²) < 4.78 is 0. The molecule has 26 heavy (non-hydrogen) atoms. The number of hydrogen-bond donors (Lipinski definition) is 2. The minimum absolute atomic E-state index is 0.00194. The molecule has 0 aliphatic rings. The number of aromatic hydroxyl groups is 1. The van der Waals surface area contributed by atoms with Gasteiger partial charge in [-0.05, 0) is 42.5 Å². The second-order valence-corrected chi connectivity index (χ2v) is 5.67. The molecule has 0 aliphatic heterocycles. The summed E-state index contributed by atoms with van der Waals surface area (Å²) in [6, 6.07) is 21.2. The van der Waals surface area contributed by atoms with E-state index in [9.17, 15) is 9.90 Å². The first kappa shape index (κ1) is 15.7. The molecule has 0 fully saturated rings. The van der Waals surface area contributed by atoms with Crippen LogP contribution in [-0.4, -0.2) is 15.1 Å². The number of H-pyrrole nitrogens is 1. The van der Waals surface area contributed by atoms with Crippen LogP contribution in [0, 0.1) is 0 Å². The molecular formula is C20H14N4O2. The van der Waals surface area contributed by atoms with Crippen molar-refractivity contribution in [3.8, 4) is 17.1 Å². The van der Waals surface area contributed by atoms with Crippen LogP contribution in [0.3, 0.4) is 0 Å². The Morgan fingerprint density at radius 1 is 0.846 bits per heavy atom. The molecule has 0 saturated carbocycles. The summed E-state index contributed by atoms with van der Waals surface area (Å²) in [7, 11) is 0. The van der Waals surface area contributed by atoms with Gasteiger partial charge >= 0.3 is 0 Å². The summed E-state index contributed by atoms with van der Waals surface area (Å²) in [4.78, 5) is 19.4. The monoisotopic (exact) mass is 342 g/mol. The van der Waals surface area contributed by atoms with Gasteiger partial charge in [-0.3, -0.25) is 4.79 Å². The van der Waals surface area contributed by atoms with Crippen LogP contribution < -0.4 is 5.56 Å². The number of benzene rings is 3. The highest BCUT2D eigenvalue weighted by atomic mass is 16.3. The Kier molecular flexibility index (Phi) is 3.99. The maximum Gasteiger partial charge on any atom is 0.259 e. The lowest BCUT2D eigenvalue weighted by Crippen LogP contribution is -2.09. The van der Waals surface area contributed by atoms with Crippen LogP contribution in [0.25, 0.3) is 22.3 Å². The van der Waals surface area contributed by atoms with Gasteiger partial charge in [0.2, 0.25) is 0 Å². The average Bonchev–Trinajstić information content (AvgIpc) is 2.68. The Morgan fingerprint density at radius 3 is 2.42 bits per heavy atom. The van der Waals surface area contributed by atoms with Gasteiger partial charge in [-0.25, -0.2) is 4.98 Å². The number of rotatable bonds is 3. The molecule has 0 bridgehead atoms. The van der Waals surface area contributed by atoms with Gasteiger partial charge in [-0.2, -0.15) is 10.2 Å². The smallest absolute Gasteiger partial charge is 0.259 e. The van der Waals surface area contributed by atoms with Crippen molar-refractivity contribution in [3.63, 3.8) is 0 Å². The molecule has 0 unspecified atom stereocenters. The first-order valence-electron chi connectivity index (χ1n) is 8.00. The largest absolute Gasteiger partial charge is 0.507 e. The van der Waals surface area contributed by atoms with E-state index in [1.807, 2.05) is 36.4 Å². The van der Waals surface area contributed by atoms with Crippen LogP contribution >= 0.6 is 0 Å². The molecule has 6 nitrogen and oxygen atoms in total. The Bertz CT molecular complexity index is 1170. The summed E-state index contributed by atoms with van der Waals surface area (Å²) in [5, 5.41) is 19.0. The van der Waals surface area contributed by atoms with Crippen LogP contribution in [0.2, 0.25) is 0 Å². The third-order valence-electron chi connectivity index (χ3n) is 3.89. The maximum absolute atomic E-state index is 12.3. The second kappa shape index (κ2) is 6.60. The van der Waals surface area contributed by atoms with E-state index in [0.29, 0.717) is 22.2 Å². The van der Waals surface area contributed by atoms with Gasteiger partial charge in [0, 0.05) is 0 Å². The number of phenolic OH excluding ortho intramolecular Hbond substituents is 1. The van der Waals surface area contributed by atoms with Gasteiger partial charge in [0.05, 0.1) is 27.8 Å². The third-order valence-corrected chi connectivity index (χ3v) is 3.89. The molecule has 0 radical (unpaired) electrons. The van der Waals surface area contributed by atoms with Crippen molar-refractivity contribution in [1.82, 2.24) is 9.97 Å². The first-order valence-corrected chi connectivity index (χ1v) is 8.00. The lowest BCUT2D eigenvalue weighted by atomic mass is 10.1. The average molecular weight is 342 g/mol. The Morgan fingerprint density at radius 2 is 1.58 bits per heavy atom. The molecule has 126 valence electrons. The van der Waals surface area contributed by atoms with Crippen LogP contribution in [-0.2, 0) is 0 Å². The number of nitrogens with zero attached hydrogens (tertiary/aromatic N) is 3. The molecule has 3 aromatic carbocycles. The third kappa shape index (κ3) is 3.08. The molecule has 6 heteroatoms. The topological polar surface area (TPSA) is 90.7 Å². The quantitative estimate of drug-likeness (QED) is 0.528. The first-order chi connectivity index (χ1) is 12.7. The summed E-state index contributed by atoms with van der Waals surface area (Å²) in [6.07, 6.45) is 0. The van der Waals surface area contributed by atoms with Crippen molar-refractivity contribution in [1.29, 1.82) is 0 Å². The number of phenols is 1. The Labute approximate surface area is 148 Å². The highest BCUT2D eigenvalue weighted by molar-refractivity contribution is 5.80. The number of aromatic nitrogens is 2. The van der Waals surface area contributed by atoms with Crippen molar-refractivity contribution in [2.75, 3.05) is 0 Å². The Balaban J connectivity index is 1.77. The van der Waals surface area contributed by atoms with Crippen LogP contribution in [0.5, 0.6) is 5.75 Å². The lowest BCUT2D eigenvalue weighted by molar-refractivity contribution is 0.477. The van der Waals surface area contributed by atoms with Gasteiger partial charge in [0.25, 0.3) is 5.56 Å². The van der Waals surface area contributed by atoms with Gasteiger partial charge in [0.1, 0.15) is 11.6 Å². The van der Waals surface area contributed by atoms with E-state index in [2.05, 4.69) is 20.2 Å². The molecule has 0 aliphatic carbocycles. The summed E-state index contributed by atoms with van der Waals surface area (Å²) in [5.74, 6) is 0.282. The fourth-order valence-electron chi connectivity index (χ4n) is 2.60. The van der Waals surface area contributed by atoms with E-state index in [1.165, 1.54) is 6.07 Å². The zero-order valence-electron chi connectivity index (χ0n) is 13.6. The molecule has 0 saturated heterocycles. The van der Waals surface area contributed by atoms with Gasteiger partial charge in [-0.1, -0.05) is 30.3 Å². The van der Waals surface area contributed by atoms with Crippen LogP contribution in [0.1, 0.15) is 0 Å². The minimum atomic E-state index is -0.263. The second-order valence-electron chi connectivity index (χ2n) is 5.67. The number of azo groups is 1. The van der Waals surface area contributed by atoms with Crippen molar-refractivity contribution < 1.29 is 5.11 Å². The fourth-order valence-corrected chi connectivity index (χ4v) is 2.60. The van der Waals surface area contributed by atoms with E-state index >= 15 is 0 Å². The van der Waals surface area contributed by atoms with Gasteiger partial charge in [0.15, 0.2) is 0 Å². The molecule has 4 aromatic rings. The molecule has 1 heterocycles. The number of nitrogens with one attached hydrogen (secondary N) is 1. The van der Waals surface area contributed by atoms with Crippen LogP contribution in [0.4, 0.5) is 11.4 Å². The number of fused-ring (bicyclic) bond motifs is 1. The Hall–Kier alpha value is -3.80. The molecule has 1 aromatic heterocycles. The highest BCUT2D eigenvalue weighted by Gasteiger charge is 2.10. The standard InChI is InChI=1S/C20H14N4O2/c25-18-11-10-14(24-23-13-6-2-1-3-7-13)12-16(18)19-21-17-9-5-4-8-15(17)20(26)22-19/h1-12,25H,(H,21,22,26). The predicted molar refractivity (Wildman–Crippen MR) is 100 cm³/mol.